The fourth-order valence-electron chi connectivity index (χ4n) is 5.10. The van der Waals surface area contributed by atoms with Crippen LogP contribution in [0.3, 0.4) is 0 Å². The van der Waals surface area contributed by atoms with Crippen molar-refractivity contribution in [3.05, 3.63) is 62.9 Å². The third-order valence-electron chi connectivity index (χ3n) is 7.05. The number of fused-ring (bicyclic) bond motifs is 1. The van der Waals surface area contributed by atoms with Crippen LogP contribution in [0.5, 0.6) is 0 Å². The molecule has 2 fully saturated rings. The number of benzene rings is 1. The van der Waals surface area contributed by atoms with Crippen molar-refractivity contribution < 1.29 is 31.9 Å². The second kappa shape index (κ2) is 9.33. The number of aromatic nitrogens is 2. The molecule has 2 unspecified atom stereocenters. The standard InChI is InChI=1S/C26H25F5N4O3/c1-12-7-15(27)8-13(2)20(12)35-11-18(25(38)32-22(14-3-4-14)26(29,30)31)21(37)17-9-19(28)24(33-23(17)35)34-6-5-16(36)10-34/h7-9,11,14,16,22,36H,3-6,10H2,1-2H3,(H,32,38). The Morgan fingerprint density at radius 2 is 1.79 bits per heavy atom. The lowest BCUT2D eigenvalue weighted by Gasteiger charge is -2.23. The molecular formula is C26H25F5N4O3. The summed E-state index contributed by atoms with van der Waals surface area (Å²) in [6, 6.07) is 1.22. The van der Waals surface area contributed by atoms with Gasteiger partial charge >= 0.3 is 6.18 Å². The molecule has 38 heavy (non-hydrogen) atoms. The van der Waals surface area contributed by atoms with Crippen molar-refractivity contribution in [2.45, 2.75) is 51.4 Å². The lowest BCUT2D eigenvalue weighted by molar-refractivity contribution is -0.158. The summed E-state index contributed by atoms with van der Waals surface area (Å²) in [5.41, 5.74) is -0.532. The lowest BCUT2D eigenvalue weighted by atomic mass is 10.1. The molecule has 2 aliphatic rings. The fourth-order valence-corrected chi connectivity index (χ4v) is 5.10. The number of halogens is 5. The van der Waals surface area contributed by atoms with Crippen molar-refractivity contribution in [1.82, 2.24) is 14.9 Å². The summed E-state index contributed by atoms with van der Waals surface area (Å²) in [5, 5.41) is 11.5. The summed E-state index contributed by atoms with van der Waals surface area (Å²) >= 11 is 0. The second-order valence-electron chi connectivity index (χ2n) is 10.0. The molecule has 3 heterocycles. The highest BCUT2D eigenvalue weighted by Gasteiger charge is 2.50. The van der Waals surface area contributed by atoms with Crippen LogP contribution in [0.4, 0.5) is 27.8 Å². The molecular weight excluding hydrogens is 511 g/mol. The molecule has 5 rings (SSSR count). The number of hydrogen-bond acceptors (Lipinski definition) is 5. The minimum Gasteiger partial charge on any atom is -0.391 e. The fraction of sp³-hybridized carbons (Fsp3) is 0.423. The largest absolute Gasteiger partial charge is 0.408 e. The van der Waals surface area contributed by atoms with E-state index in [1.807, 2.05) is 5.32 Å². The van der Waals surface area contributed by atoms with Gasteiger partial charge in [-0.05, 0) is 68.4 Å². The summed E-state index contributed by atoms with van der Waals surface area (Å²) in [4.78, 5) is 32.3. The number of alkyl halides is 3. The number of aliphatic hydroxyl groups excluding tert-OH is 1. The zero-order valence-corrected chi connectivity index (χ0v) is 20.6. The normalized spacial score (nSPS) is 18.7. The van der Waals surface area contributed by atoms with Gasteiger partial charge in [-0.2, -0.15) is 13.2 Å². The first-order chi connectivity index (χ1) is 17.8. The van der Waals surface area contributed by atoms with Gasteiger partial charge in [-0.1, -0.05) is 0 Å². The Balaban J connectivity index is 1.72. The Hall–Kier alpha value is -3.54. The van der Waals surface area contributed by atoms with Gasteiger partial charge in [-0.15, -0.1) is 0 Å². The molecule has 1 aliphatic heterocycles. The van der Waals surface area contributed by atoms with Gasteiger partial charge in [-0.3, -0.25) is 14.2 Å². The van der Waals surface area contributed by atoms with Crippen LogP contribution in [0.2, 0.25) is 0 Å². The molecule has 7 nitrogen and oxygen atoms in total. The van der Waals surface area contributed by atoms with Crippen LogP contribution in [0.25, 0.3) is 16.7 Å². The monoisotopic (exact) mass is 536 g/mol. The first-order valence-electron chi connectivity index (χ1n) is 12.2. The molecule has 2 aromatic heterocycles. The highest BCUT2D eigenvalue weighted by atomic mass is 19.4. The summed E-state index contributed by atoms with van der Waals surface area (Å²) < 4.78 is 71.4. The number of carbonyl (C=O) groups excluding carboxylic acids is 1. The number of nitrogens with zero attached hydrogens (tertiary/aromatic N) is 3. The third kappa shape index (κ3) is 4.72. The maximum absolute atomic E-state index is 15.2. The van der Waals surface area contributed by atoms with E-state index in [1.165, 1.54) is 21.6 Å². The van der Waals surface area contributed by atoms with Crippen molar-refractivity contribution in [1.29, 1.82) is 0 Å². The zero-order chi connectivity index (χ0) is 27.5. The number of nitrogens with one attached hydrogen (secondary N) is 1. The quantitative estimate of drug-likeness (QED) is 0.483. The molecule has 3 aromatic rings. The molecule has 2 N–H and O–H groups in total. The van der Waals surface area contributed by atoms with Crippen LogP contribution >= 0.6 is 0 Å². The molecule has 1 saturated carbocycles. The molecule has 0 spiro atoms. The van der Waals surface area contributed by atoms with E-state index < -0.39 is 52.8 Å². The van der Waals surface area contributed by atoms with E-state index in [2.05, 4.69) is 4.98 Å². The van der Waals surface area contributed by atoms with Crippen LogP contribution in [-0.2, 0) is 0 Å². The maximum Gasteiger partial charge on any atom is 0.408 e. The Kier molecular flexibility index (Phi) is 6.41. The molecule has 1 aromatic carbocycles. The summed E-state index contributed by atoms with van der Waals surface area (Å²) in [7, 11) is 0. The number of amides is 1. The molecule has 0 bridgehead atoms. The van der Waals surface area contributed by atoms with E-state index in [-0.39, 0.29) is 23.4 Å². The minimum absolute atomic E-state index is 0.0586. The highest BCUT2D eigenvalue weighted by Crippen LogP contribution is 2.40. The topological polar surface area (TPSA) is 87.5 Å². The lowest BCUT2D eigenvalue weighted by Crippen LogP contribution is -2.48. The predicted octanol–water partition coefficient (Wildman–Crippen LogP) is 3.92. The first-order valence-corrected chi connectivity index (χ1v) is 12.2. The number of rotatable bonds is 5. The van der Waals surface area contributed by atoms with Crippen LogP contribution in [0, 0.1) is 31.4 Å². The van der Waals surface area contributed by atoms with Gasteiger partial charge in [0.15, 0.2) is 17.3 Å². The SMILES string of the molecule is Cc1cc(F)cc(C)c1-n1cc(C(=O)NC(C2CC2)C(F)(F)F)c(=O)c2cc(F)c(N3CCC(O)C3)nc21. The van der Waals surface area contributed by atoms with Crippen LogP contribution in [0.1, 0.15) is 40.7 Å². The number of pyridine rings is 2. The molecule has 1 aliphatic carbocycles. The van der Waals surface area contributed by atoms with Gasteiger partial charge in [0.1, 0.15) is 17.4 Å². The Labute approximate surface area is 213 Å². The van der Waals surface area contributed by atoms with E-state index in [0.717, 1.165) is 12.3 Å². The van der Waals surface area contributed by atoms with E-state index in [4.69, 9.17) is 0 Å². The Morgan fingerprint density at radius 3 is 2.34 bits per heavy atom. The van der Waals surface area contributed by atoms with Crippen molar-refractivity contribution >= 4 is 22.8 Å². The summed E-state index contributed by atoms with van der Waals surface area (Å²) in [5.74, 6) is -3.56. The van der Waals surface area contributed by atoms with Gasteiger partial charge in [0.05, 0.1) is 17.2 Å². The zero-order valence-electron chi connectivity index (χ0n) is 20.6. The van der Waals surface area contributed by atoms with E-state index >= 15 is 4.39 Å². The molecule has 1 saturated heterocycles. The molecule has 1 amide bonds. The van der Waals surface area contributed by atoms with Gasteiger partial charge in [0.25, 0.3) is 5.91 Å². The summed E-state index contributed by atoms with van der Waals surface area (Å²) in [6.07, 6.45) is -3.34. The number of hydrogen-bond donors (Lipinski definition) is 2. The Bertz CT molecular complexity index is 1480. The number of β-amino-alcohol motifs (C(OH)–C–C–N with tert-alkyl or cyclic N) is 1. The van der Waals surface area contributed by atoms with Gasteiger partial charge in [-0.25, -0.2) is 13.8 Å². The predicted molar refractivity (Wildman–Crippen MR) is 130 cm³/mol. The molecule has 12 heteroatoms. The number of carbonyl (C=O) groups is 1. The number of aryl methyl sites for hydroxylation is 2. The second-order valence-corrected chi connectivity index (χ2v) is 10.0. The number of aliphatic hydroxyl groups is 1. The van der Waals surface area contributed by atoms with Crippen molar-refractivity contribution in [2.75, 3.05) is 18.0 Å². The van der Waals surface area contributed by atoms with E-state index in [9.17, 15) is 32.3 Å². The number of anilines is 1. The van der Waals surface area contributed by atoms with Gasteiger partial charge in [0.2, 0.25) is 5.43 Å². The summed E-state index contributed by atoms with van der Waals surface area (Å²) in [6.45, 7) is 3.61. The van der Waals surface area contributed by atoms with Gasteiger partial charge in [0, 0.05) is 19.3 Å². The Morgan fingerprint density at radius 1 is 1.13 bits per heavy atom. The van der Waals surface area contributed by atoms with E-state index in [1.54, 1.807) is 13.8 Å². The molecule has 2 atom stereocenters. The average molecular weight is 537 g/mol. The maximum atomic E-state index is 15.2. The average Bonchev–Trinajstić information content (AvgIpc) is 3.56. The smallest absolute Gasteiger partial charge is 0.391 e. The van der Waals surface area contributed by atoms with Crippen LogP contribution in [-0.4, -0.2) is 52.0 Å². The molecule has 0 radical (unpaired) electrons. The van der Waals surface area contributed by atoms with Crippen molar-refractivity contribution in [3.63, 3.8) is 0 Å². The van der Waals surface area contributed by atoms with Crippen molar-refractivity contribution in [2.24, 2.45) is 5.92 Å². The minimum atomic E-state index is -4.71. The van der Waals surface area contributed by atoms with E-state index in [0.29, 0.717) is 42.6 Å². The molecule has 202 valence electrons. The van der Waals surface area contributed by atoms with Crippen molar-refractivity contribution in [3.8, 4) is 5.69 Å². The first kappa shape index (κ1) is 26.1. The third-order valence-corrected chi connectivity index (χ3v) is 7.05. The van der Waals surface area contributed by atoms with Crippen LogP contribution in [0.15, 0.2) is 29.2 Å². The van der Waals surface area contributed by atoms with Gasteiger partial charge < -0.3 is 15.3 Å². The van der Waals surface area contributed by atoms with Crippen LogP contribution < -0.4 is 15.6 Å². The highest BCUT2D eigenvalue weighted by molar-refractivity contribution is 5.97.